The lowest BCUT2D eigenvalue weighted by atomic mass is 9.72. The average molecular weight is 487 g/mol. The molecule has 5 rings (SSSR count). The molecule has 1 unspecified atom stereocenters. The van der Waals surface area contributed by atoms with Crippen molar-refractivity contribution >= 4 is 18.5 Å². The van der Waals surface area contributed by atoms with Gasteiger partial charge in [0.05, 0.1) is 11.2 Å². The van der Waals surface area contributed by atoms with Crippen LogP contribution in [0.5, 0.6) is 0 Å². The molecule has 1 aliphatic carbocycles. The number of amides is 1. The highest BCUT2D eigenvalue weighted by atomic mass is 16.7. The number of piperidine rings is 1. The van der Waals surface area contributed by atoms with Crippen LogP contribution in [0.25, 0.3) is 0 Å². The molecule has 2 heterocycles. The van der Waals surface area contributed by atoms with Crippen LogP contribution in [-0.4, -0.2) is 42.2 Å². The SMILES string of the molecule is CC(=O)N1CCC(c2ccc(CC3CCc4cccc(B5OC(C)(C)C(C)(C)O5)c43)c(C)c2C)CC1. The molecular formula is C31H42BNO3. The zero-order chi connectivity index (χ0) is 25.8. The highest BCUT2D eigenvalue weighted by Crippen LogP contribution is 2.41. The summed E-state index contributed by atoms with van der Waals surface area (Å²) in [6.45, 7) is 16.6. The van der Waals surface area contributed by atoms with Crippen molar-refractivity contribution in [1.82, 2.24) is 4.90 Å². The summed E-state index contributed by atoms with van der Waals surface area (Å²) in [5.74, 6) is 1.24. The minimum atomic E-state index is -0.335. The number of carbonyl (C=O) groups is 1. The monoisotopic (exact) mass is 487 g/mol. The molecule has 1 amide bonds. The molecule has 2 aromatic rings. The Morgan fingerprint density at radius 3 is 2.28 bits per heavy atom. The van der Waals surface area contributed by atoms with Gasteiger partial charge in [0.2, 0.25) is 5.91 Å². The van der Waals surface area contributed by atoms with Crippen molar-refractivity contribution in [3.8, 4) is 0 Å². The molecule has 3 aliphatic rings. The van der Waals surface area contributed by atoms with Crippen molar-refractivity contribution in [2.75, 3.05) is 13.1 Å². The number of aryl methyl sites for hydroxylation is 1. The molecule has 1 atom stereocenters. The van der Waals surface area contributed by atoms with Gasteiger partial charge in [0.1, 0.15) is 0 Å². The first kappa shape index (κ1) is 25.5. The molecule has 36 heavy (non-hydrogen) atoms. The van der Waals surface area contributed by atoms with Crippen LogP contribution in [-0.2, 0) is 26.9 Å². The molecule has 2 aliphatic heterocycles. The van der Waals surface area contributed by atoms with Crippen molar-refractivity contribution in [2.24, 2.45) is 0 Å². The third kappa shape index (κ3) is 4.43. The Bertz CT molecular complexity index is 1150. The highest BCUT2D eigenvalue weighted by Gasteiger charge is 2.52. The summed E-state index contributed by atoms with van der Waals surface area (Å²) in [5, 5.41) is 0. The topological polar surface area (TPSA) is 38.8 Å². The van der Waals surface area contributed by atoms with Gasteiger partial charge < -0.3 is 14.2 Å². The summed E-state index contributed by atoms with van der Waals surface area (Å²) in [4.78, 5) is 13.7. The second kappa shape index (κ2) is 9.33. The maximum Gasteiger partial charge on any atom is 0.495 e. The molecular weight excluding hydrogens is 445 g/mol. The fraction of sp³-hybridized carbons (Fsp3) is 0.581. The van der Waals surface area contributed by atoms with E-state index < -0.39 is 0 Å². The van der Waals surface area contributed by atoms with E-state index in [4.69, 9.17) is 9.31 Å². The molecule has 0 aromatic heterocycles. The quantitative estimate of drug-likeness (QED) is 0.527. The van der Waals surface area contributed by atoms with Crippen LogP contribution in [0, 0.1) is 13.8 Å². The summed E-state index contributed by atoms with van der Waals surface area (Å²) in [6, 6.07) is 11.4. The molecule has 192 valence electrons. The molecule has 0 saturated carbocycles. The van der Waals surface area contributed by atoms with Gasteiger partial charge in [0, 0.05) is 20.0 Å². The number of carbonyl (C=O) groups excluding carboxylic acids is 1. The summed E-state index contributed by atoms with van der Waals surface area (Å²) in [5.41, 5.74) is 9.26. The van der Waals surface area contributed by atoms with Crippen LogP contribution in [0.2, 0.25) is 0 Å². The lowest BCUT2D eigenvalue weighted by Gasteiger charge is -2.32. The maximum atomic E-state index is 11.7. The van der Waals surface area contributed by atoms with Crippen molar-refractivity contribution in [2.45, 2.75) is 104 Å². The van der Waals surface area contributed by atoms with E-state index in [1.165, 1.54) is 45.3 Å². The van der Waals surface area contributed by atoms with Gasteiger partial charge in [-0.25, -0.2) is 0 Å². The van der Waals surface area contributed by atoms with E-state index in [9.17, 15) is 4.79 Å². The minimum absolute atomic E-state index is 0.202. The van der Waals surface area contributed by atoms with Crippen LogP contribution in [0.15, 0.2) is 30.3 Å². The van der Waals surface area contributed by atoms with Crippen molar-refractivity contribution in [3.05, 3.63) is 63.7 Å². The van der Waals surface area contributed by atoms with E-state index in [0.29, 0.717) is 11.8 Å². The number of rotatable bonds is 4. The van der Waals surface area contributed by atoms with Gasteiger partial charge in [-0.05, 0) is 124 Å². The Morgan fingerprint density at radius 1 is 0.972 bits per heavy atom. The third-order valence-electron chi connectivity index (χ3n) is 9.70. The molecule has 0 radical (unpaired) electrons. The number of hydrogen-bond donors (Lipinski definition) is 0. The Hall–Kier alpha value is -2.11. The van der Waals surface area contributed by atoms with E-state index in [-0.39, 0.29) is 24.2 Å². The third-order valence-corrected chi connectivity index (χ3v) is 9.70. The minimum Gasteiger partial charge on any atom is -0.399 e. The number of nitrogens with zero attached hydrogens (tertiary/aromatic N) is 1. The lowest BCUT2D eigenvalue weighted by Crippen LogP contribution is -2.41. The Labute approximate surface area is 217 Å². The number of benzene rings is 2. The molecule has 0 spiro atoms. The summed E-state index contributed by atoms with van der Waals surface area (Å²) in [7, 11) is -0.309. The van der Waals surface area contributed by atoms with Crippen LogP contribution in [0.3, 0.4) is 0 Å². The Balaban J connectivity index is 1.37. The number of likely N-dealkylation sites (tertiary alicyclic amines) is 1. The molecule has 0 bridgehead atoms. The number of hydrogen-bond acceptors (Lipinski definition) is 3. The predicted octanol–water partition coefficient (Wildman–Crippen LogP) is 5.60. The van der Waals surface area contributed by atoms with E-state index >= 15 is 0 Å². The van der Waals surface area contributed by atoms with Gasteiger partial charge in [-0.1, -0.05) is 30.3 Å². The van der Waals surface area contributed by atoms with Crippen molar-refractivity contribution < 1.29 is 14.1 Å². The van der Waals surface area contributed by atoms with Gasteiger partial charge in [-0.2, -0.15) is 0 Å². The van der Waals surface area contributed by atoms with E-state index in [1.54, 1.807) is 6.92 Å². The van der Waals surface area contributed by atoms with E-state index in [1.807, 2.05) is 4.90 Å². The van der Waals surface area contributed by atoms with Crippen LogP contribution in [0.1, 0.15) is 99.1 Å². The molecule has 5 heteroatoms. The van der Waals surface area contributed by atoms with Gasteiger partial charge in [-0.3, -0.25) is 4.79 Å². The molecule has 2 fully saturated rings. The van der Waals surface area contributed by atoms with Gasteiger partial charge in [0.15, 0.2) is 0 Å². The first-order chi connectivity index (χ1) is 17.0. The maximum absolute atomic E-state index is 11.7. The van der Waals surface area contributed by atoms with Crippen molar-refractivity contribution in [3.63, 3.8) is 0 Å². The molecule has 0 N–H and O–H groups in total. The standard InChI is InChI=1S/C31H42BNO3/c1-20-21(2)27(23-15-17-33(18-16-23)22(3)34)14-13-25(20)19-26-12-11-24-9-8-10-28(29(24)26)32-35-30(4,5)31(6,7)36-32/h8-10,13-14,23,26H,11-12,15-19H2,1-7H3. The zero-order valence-electron chi connectivity index (χ0n) is 23.2. The first-order valence-corrected chi connectivity index (χ1v) is 13.8. The van der Waals surface area contributed by atoms with Gasteiger partial charge in [-0.15, -0.1) is 0 Å². The van der Waals surface area contributed by atoms with Crippen LogP contribution >= 0.6 is 0 Å². The van der Waals surface area contributed by atoms with E-state index in [0.717, 1.165) is 38.8 Å². The second-order valence-electron chi connectivity index (χ2n) is 12.3. The largest absolute Gasteiger partial charge is 0.495 e. The van der Waals surface area contributed by atoms with Crippen molar-refractivity contribution in [1.29, 1.82) is 0 Å². The fourth-order valence-electron chi connectivity index (χ4n) is 6.53. The molecule has 4 nitrogen and oxygen atoms in total. The van der Waals surface area contributed by atoms with Crippen LogP contribution < -0.4 is 5.46 Å². The average Bonchev–Trinajstić information content (AvgIpc) is 3.33. The summed E-state index contributed by atoms with van der Waals surface area (Å²) in [6.07, 6.45) is 5.48. The fourth-order valence-corrected chi connectivity index (χ4v) is 6.53. The summed E-state index contributed by atoms with van der Waals surface area (Å²) < 4.78 is 13.0. The predicted molar refractivity (Wildman–Crippen MR) is 147 cm³/mol. The Morgan fingerprint density at radius 2 is 1.64 bits per heavy atom. The Kier molecular flexibility index (Phi) is 6.62. The van der Waals surface area contributed by atoms with Crippen LogP contribution in [0.4, 0.5) is 0 Å². The number of fused-ring (bicyclic) bond motifs is 1. The molecule has 2 saturated heterocycles. The first-order valence-electron chi connectivity index (χ1n) is 13.8. The highest BCUT2D eigenvalue weighted by molar-refractivity contribution is 6.62. The lowest BCUT2D eigenvalue weighted by molar-refractivity contribution is -0.129. The van der Waals surface area contributed by atoms with Gasteiger partial charge in [0.25, 0.3) is 0 Å². The second-order valence-corrected chi connectivity index (χ2v) is 12.3. The van der Waals surface area contributed by atoms with Gasteiger partial charge >= 0.3 is 7.12 Å². The normalized spacial score (nSPS) is 23.2. The molecule has 2 aromatic carbocycles. The summed E-state index contributed by atoms with van der Waals surface area (Å²) >= 11 is 0. The zero-order valence-corrected chi connectivity index (χ0v) is 23.2. The van der Waals surface area contributed by atoms with E-state index in [2.05, 4.69) is 71.9 Å². The smallest absolute Gasteiger partial charge is 0.399 e.